The highest BCUT2D eigenvalue weighted by atomic mass is 16.5. The fourth-order valence-corrected chi connectivity index (χ4v) is 2.39. The van der Waals surface area contributed by atoms with Gasteiger partial charge in [-0.2, -0.15) is 0 Å². The molecule has 0 atom stereocenters. The molecule has 0 saturated heterocycles. The van der Waals surface area contributed by atoms with Crippen LogP contribution in [0.4, 0.5) is 5.69 Å². The third-order valence-corrected chi connectivity index (χ3v) is 3.52. The second-order valence-corrected chi connectivity index (χ2v) is 4.96. The maximum atomic E-state index is 9.53. The summed E-state index contributed by atoms with van der Waals surface area (Å²) < 4.78 is 5.96. The molecule has 3 nitrogen and oxygen atoms in total. The summed E-state index contributed by atoms with van der Waals surface area (Å²) in [5.41, 5.74) is 7.04. The van der Waals surface area contributed by atoms with Crippen molar-refractivity contribution in [3.8, 4) is 41.9 Å². The number of hydrogen-bond acceptors (Lipinski definition) is 3. The minimum Gasteiger partial charge on any atom is -0.506 e. The molecule has 3 aromatic carbocycles. The van der Waals surface area contributed by atoms with Crippen LogP contribution in [-0.2, 0) is 0 Å². The number of phenols is 1. The minimum atomic E-state index is -0.00300. The number of hydrogen-bond donors (Lipinski definition) is 2. The Morgan fingerprint density at radius 1 is 1.00 bits per heavy atom. The number of benzene rings is 3. The van der Waals surface area contributed by atoms with Crippen LogP contribution in [0.5, 0.6) is 17.2 Å². The Morgan fingerprint density at radius 3 is 2.48 bits per heavy atom. The second-order valence-electron chi connectivity index (χ2n) is 4.96. The molecule has 0 aliphatic carbocycles. The number of rotatable bonds is 2. The van der Waals surface area contributed by atoms with Crippen molar-refractivity contribution in [3.05, 3.63) is 59.7 Å². The molecule has 0 spiro atoms. The van der Waals surface area contributed by atoms with Crippen LogP contribution in [-0.4, -0.2) is 5.11 Å². The van der Waals surface area contributed by atoms with E-state index >= 15 is 0 Å². The monoisotopic (exact) mass is 299 g/mol. The molecule has 3 rings (SSSR count). The molecule has 3 aromatic rings. The highest BCUT2D eigenvalue weighted by molar-refractivity contribution is 5.93. The first-order chi connectivity index (χ1) is 11.1. The van der Waals surface area contributed by atoms with E-state index in [2.05, 4.69) is 11.8 Å². The van der Waals surface area contributed by atoms with Crippen molar-refractivity contribution in [1.82, 2.24) is 0 Å². The molecule has 0 amide bonds. The van der Waals surface area contributed by atoms with E-state index in [1.54, 1.807) is 6.07 Å². The Labute approximate surface area is 134 Å². The standard InChI is InChI=1S/C20H13NO2/c1-3-13-11-14-7-5-6-8-17(14)20(16(13)4-2)23-15-9-10-19(22)18(21)12-15/h1-2,5-12,22H,21H2. The summed E-state index contributed by atoms with van der Waals surface area (Å²) in [4.78, 5) is 0. The molecule has 23 heavy (non-hydrogen) atoms. The minimum absolute atomic E-state index is 0.00300. The molecule has 0 radical (unpaired) electrons. The highest BCUT2D eigenvalue weighted by Gasteiger charge is 2.13. The number of ether oxygens (including phenoxy) is 1. The van der Waals surface area contributed by atoms with Crippen molar-refractivity contribution in [2.45, 2.75) is 0 Å². The summed E-state index contributed by atoms with van der Waals surface area (Å²) in [6.45, 7) is 0. The lowest BCUT2D eigenvalue weighted by atomic mass is 10.00. The fourth-order valence-electron chi connectivity index (χ4n) is 2.39. The van der Waals surface area contributed by atoms with Gasteiger partial charge in [0.1, 0.15) is 11.5 Å². The van der Waals surface area contributed by atoms with Crippen LogP contribution in [0.2, 0.25) is 0 Å². The molecule has 3 N–H and O–H groups in total. The van der Waals surface area contributed by atoms with Gasteiger partial charge in [0.15, 0.2) is 5.75 Å². The lowest BCUT2D eigenvalue weighted by Gasteiger charge is -2.14. The molecule has 110 valence electrons. The summed E-state index contributed by atoms with van der Waals surface area (Å²) in [6.07, 6.45) is 11.2. The van der Waals surface area contributed by atoms with E-state index in [9.17, 15) is 5.11 Å². The van der Waals surface area contributed by atoms with Crippen molar-refractivity contribution in [1.29, 1.82) is 0 Å². The molecule has 0 aliphatic heterocycles. The summed E-state index contributed by atoms with van der Waals surface area (Å²) in [7, 11) is 0. The average molecular weight is 299 g/mol. The quantitative estimate of drug-likeness (QED) is 0.429. The molecule has 0 unspecified atom stereocenters. The number of phenolic OH excluding ortho intramolecular Hbond substituents is 1. The first kappa shape index (κ1) is 14.4. The third-order valence-electron chi connectivity index (χ3n) is 3.52. The molecular formula is C20H13NO2. The van der Waals surface area contributed by atoms with E-state index in [-0.39, 0.29) is 11.4 Å². The van der Waals surface area contributed by atoms with Crippen LogP contribution in [0, 0.1) is 24.7 Å². The smallest absolute Gasteiger partial charge is 0.152 e. The van der Waals surface area contributed by atoms with Crippen molar-refractivity contribution in [2.24, 2.45) is 0 Å². The first-order valence-electron chi connectivity index (χ1n) is 6.89. The maximum Gasteiger partial charge on any atom is 0.152 e. The molecule has 3 heteroatoms. The van der Waals surface area contributed by atoms with E-state index in [1.807, 2.05) is 30.3 Å². The number of nitrogen functional groups attached to an aromatic ring is 1. The average Bonchev–Trinajstić information content (AvgIpc) is 2.57. The molecule has 0 bridgehead atoms. The summed E-state index contributed by atoms with van der Waals surface area (Å²) in [6, 6.07) is 14.1. The lowest BCUT2D eigenvalue weighted by molar-refractivity contribution is 0.468. The molecule has 0 saturated carbocycles. The van der Waals surface area contributed by atoms with E-state index in [4.69, 9.17) is 23.3 Å². The van der Waals surface area contributed by atoms with E-state index < -0.39 is 0 Å². The molecule has 0 heterocycles. The Kier molecular flexibility index (Phi) is 3.55. The normalized spacial score (nSPS) is 10.0. The molecule has 0 aliphatic rings. The number of nitrogens with two attached hydrogens (primary N) is 1. The topological polar surface area (TPSA) is 55.5 Å². The van der Waals surface area contributed by atoms with Gasteiger partial charge < -0.3 is 15.6 Å². The predicted octanol–water partition coefficient (Wildman–Crippen LogP) is 3.88. The van der Waals surface area contributed by atoms with Crippen molar-refractivity contribution in [3.63, 3.8) is 0 Å². The Hall–Kier alpha value is -3.56. The maximum absolute atomic E-state index is 9.53. The zero-order chi connectivity index (χ0) is 16.4. The van der Waals surface area contributed by atoms with Gasteiger partial charge in [-0.1, -0.05) is 36.1 Å². The van der Waals surface area contributed by atoms with Crippen LogP contribution in [0.25, 0.3) is 10.8 Å². The van der Waals surface area contributed by atoms with Crippen LogP contribution >= 0.6 is 0 Å². The summed E-state index contributed by atoms with van der Waals surface area (Å²) in [5, 5.41) is 11.3. The van der Waals surface area contributed by atoms with Gasteiger partial charge in [0.2, 0.25) is 0 Å². The van der Waals surface area contributed by atoms with Crippen molar-refractivity contribution < 1.29 is 9.84 Å². The summed E-state index contributed by atoms with van der Waals surface area (Å²) in [5.74, 6) is 6.17. The largest absolute Gasteiger partial charge is 0.506 e. The second kappa shape index (κ2) is 5.67. The SMILES string of the molecule is C#Cc1cc2ccccc2c(Oc2ccc(O)c(N)c2)c1C#C. The van der Waals surface area contributed by atoms with Crippen LogP contribution < -0.4 is 10.5 Å². The summed E-state index contributed by atoms with van der Waals surface area (Å²) >= 11 is 0. The Bertz CT molecular complexity index is 991. The molecule has 0 fully saturated rings. The fraction of sp³-hybridized carbons (Fsp3) is 0. The van der Waals surface area contributed by atoms with E-state index in [1.165, 1.54) is 12.1 Å². The molecular weight excluding hydrogens is 286 g/mol. The Balaban J connectivity index is 2.24. The van der Waals surface area contributed by atoms with Gasteiger partial charge in [0.25, 0.3) is 0 Å². The van der Waals surface area contributed by atoms with Gasteiger partial charge in [-0.05, 0) is 23.6 Å². The van der Waals surface area contributed by atoms with Crippen molar-refractivity contribution >= 4 is 16.5 Å². The zero-order valence-electron chi connectivity index (χ0n) is 12.2. The van der Waals surface area contributed by atoms with Crippen LogP contribution in [0.3, 0.4) is 0 Å². The van der Waals surface area contributed by atoms with E-state index in [0.29, 0.717) is 22.6 Å². The van der Waals surface area contributed by atoms with Gasteiger partial charge in [0, 0.05) is 17.0 Å². The number of aromatic hydroxyl groups is 1. The van der Waals surface area contributed by atoms with Gasteiger partial charge in [-0.25, -0.2) is 0 Å². The Morgan fingerprint density at radius 2 is 1.78 bits per heavy atom. The lowest BCUT2D eigenvalue weighted by Crippen LogP contribution is -1.95. The highest BCUT2D eigenvalue weighted by Crippen LogP contribution is 2.37. The van der Waals surface area contributed by atoms with Gasteiger partial charge in [-0.15, -0.1) is 12.8 Å². The van der Waals surface area contributed by atoms with Crippen molar-refractivity contribution in [2.75, 3.05) is 5.73 Å². The van der Waals surface area contributed by atoms with Crippen LogP contribution in [0.1, 0.15) is 11.1 Å². The van der Waals surface area contributed by atoms with Gasteiger partial charge in [0.05, 0.1) is 11.3 Å². The van der Waals surface area contributed by atoms with E-state index in [0.717, 1.165) is 10.8 Å². The van der Waals surface area contributed by atoms with Gasteiger partial charge in [-0.3, -0.25) is 0 Å². The first-order valence-corrected chi connectivity index (χ1v) is 6.89. The van der Waals surface area contributed by atoms with Gasteiger partial charge >= 0.3 is 0 Å². The van der Waals surface area contributed by atoms with Crippen LogP contribution in [0.15, 0.2) is 48.5 Å². The number of anilines is 1. The third kappa shape index (κ3) is 2.52. The predicted molar refractivity (Wildman–Crippen MR) is 92.4 cm³/mol. The molecule has 0 aromatic heterocycles. The zero-order valence-corrected chi connectivity index (χ0v) is 12.2. The number of terminal acetylenes is 2. The number of fused-ring (bicyclic) bond motifs is 1.